The first kappa shape index (κ1) is 14.0. The molecular formula is C17H23NO. The van der Waals surface area contributed by atoms with Crippen LogP contribution in [0.1, 0.15) is 25.8 Å². The van der Waals surface area contributed by atoms with Crippen LogP contribution in [0.3, 0.4) is 0 Å². The molecule has 1 N–H and O–H groups in total. The van der Waals surface area contributed by atoms with Crippen molar-refractivity contribution in [2.75, 3.05) is 13.2 Å². The molecule has 2 rings (SSSR count). The number of hydrogen-bond acceptors (Lipinski definition) is 2. The molecule has 2 aromatic rings. The Morgan fingerprint density at radius 3 is 2.68 bits per heavy atom. The van der Waals surface area contributed by atoms with Gasteiger partial charge in [0.25, 0.3) is 0 Å². The molecule has 0 atom stereocenters. The van der Waals surface area contributed by atoms with Gasteiger partial charge in [-0.1, -0.05) is 56.3 Å². The van der Waals surface area contributed by atoms with E-state index in [1.807, 2.05) is 0 Å². The molecule has 0 heterocycles. The third kappa shape index (κ3) is 4.34. The van der Waals surface area contributed by atoms with Gasteiger partial charge in [0.2, 0.25) is 0 Å². The molecule has 0 spiro atoms. The van der Waals surface area contributed by atoms with E-state index in [1.54, 1.807) is 0 Å². The molecule has 0 aliphatic carbocycles. The van der Waals surface area contributed by atoms with Crippen LogP contribution in [0.4, 0.5) is 0 Å². The summed E-state index contributed by atoms with van der Waals surface area (Å²) < 4.78 is 5.77. The third-order valence-electron chi connectivity index (χ3n) is 3.16. The number of hydrogen-bond donors (Lipinski definition) is 1. The smallest absolute Gasteiger partial charge is 0.0722 e. The quantitative estimate of drug-likeness (QED) is 0.763. The van der Waals surface area contributed by atoms with Gasteiger partial charge in [-0.05, 0) is 29.3 Å². The highest BCUT2D eigenvalue weighted by Gasteiger charge is 2.00. The summed E-state index contributed by atoms with van der Waals surface area (Å²) in [6.07, 6.45) is 1.06. The zero-order valence-corrected chi connectivity index (χ0v) is 11.9. The van der Waals surface area contributed by atoms with Crippen molar-refractivity contribution < 1.29 is 4.74 Å². The van der Waals surface area contributed by atoms with Crippen LogP contribution in [0.2, 0.25) is 0 Å². The van der Waals surface area contributed by atoms with Crippen molar-refractivity contribution in [3.63, 3.8) is 0 Å². The fraction of sp³-hybridized carbons (Fsp3) is 0.412. The molecule has 0 fully saturated rings. The molecule has 0 bridgehead atoms. The number of benzene rings is 2. The molecule has 2 aromatic carbocycles. The van der Waals surface area contributed by atoms with Crippen molar-refractivity contribution in [2.45, 2.75) is 32.9 Å². The highest BCUT2D eigenvalue weighted by molar-refractivity contribution is 5.85. The lowest BCUT2D eigenvalue weighted by atomic mass is 10.1. The van der Waals surface area contributed by atoms with Crippen molar-refractivity contribution in [3.05, 3.63) is 48.0 Å². The predicted octanol–water partition coefficient (Wildman–Crippen LogP) is 3.74. The van der Waals surface area contributed by atoms with Crippen LogP contribution in [0.15, 0.2) is 42.5 Å². The van der Waals surface area contributed by atoms with E-state index in [2.05, 4.69) is 61.6 Å². The molecule has 19 heavy (non-hydrogen) atoms. The van der Waals surface area contributed by atoms with Gasteiger partial charge in [-0.3, -0.25) is 0 Å². The lowest BCUT2D eigenvalue weighted by Gasteiger charge is -2.09. The van der Waals surface area contributed by atoms with Crippen molar-refractivity contribution in [1.29, 1.82) is 0 Å². The van der Waals surface area contributed by atoms with Gasteiger partial charge in [0.1, 0.15) is 0 Å². The maximum absolute atomic E-state index is 5.77. The Bertz CT molecular complexity index is 502. The summed E-state index contributed by atoms with van der Waals surface area (Å²) >= 11 is 0. The average molecular weight is 257 g/mol. The van der Waals surface area contributed by atoms with Crippen molar-refractivity contribution in [1.82, 2.24) is 5.32 Å². The largest absolute Gasteiger partial charge is 0.377 e. The first-order chi connectivity index (χ1) is 9.27. The molecule has 102 valence electrons. The number of rotatable bonds is 7. The van der Waals surface area contributed by atoms with E-state index < -0.39 is 0 Å². The second-order valence-corrected chi connectivity index (χ2v) is 5.15. The minimum atomic E-state index is 0.554. The Kier molecular flexibility index (Phi) is 5.37. The van der Waals surface area contributed by atoms with Gasteiger partial charge in [0.05, 0.1) is 6.61 Å². The van der Waals surface area contributed by atoms with Crippen molar-refractivity contribution in [3.8, 4) is 0 Å². The number of ether oxygens (including phenoxy) is 1. The molecule has 0 aliphatic heterocycles. The molecule has 0 aliphatic rings. The predicted molar refractivity (Wildman–Crippen MR) is 81.4 cm³/mol. The number of fused-ring (bicyclic) bond motifs is 1. The van der Waals surface area contributed by atoms with E-state index in [4.69, 9.17) is 4.74 Å². The molecule has 2 nitrogen and oxygen atoms in total. The Hall–Kier alpha value is -1.38. The van der Waals surface area contributed by atoms with Gasteiger partial charge in [-0.25, -0.2) is 0 Å². The SMILES string of the molecule is CC(C)NCCCOCc1cccc2ccccc12. The second kappa shape index (κ2) is 7.27. The minimum absolute atomic E-state index is 0.554. The monoisotopic (exact) mass is 257 g/mol. The second-order valence-electron chi connectivity index (χ2n) is 5.15. The third-order valence-corrected chi connectivity index (χ3v) is 3.16. The maximum Gasteiger partial charge on any atom is 0.0722 e. The minimum Gasteiger partial charge on any atom is -0.377 e. The fourth-order valence-corrected chi connectivity index (χ4v) is 2.17. The highest BCUT2D eigenvalue weighted by atomic mass is 16.5. The summed E-state index contributed by atoms with van der Waals surface area (Å²) in [4.78, 5) is 0. The van der Waals surface area contributed by atoms with Crippen LogP contribution >= 0.6 is 0 Å². The van der Waals surface area contributed by atoms with E-state index in [-0.39, 0.29) is 0 Å². The van der Waals surface area contributed by atoms with Gasteiger partial charge in [-0.2, -0.15) is 0 Å². The molecule has 2 heteroatoms. The molecule has 0 amide bonds. The van der Waals surface area contributed by atoms with Crippen molar-refractivity contribution in [2.24, 2.45) is 0 Å². The zero-order valence-electron chi connectivity index (χ0n) is 11.9. The van der Waals surface area contributed by atoms with Gasteiger partial charge in [-0.15, -0.1) is 0 Å². The average Bonchev–Trinajstić information content (AvgIpc) is 2.42. The summed E-state index contributed by atoms with van der Waals surface area (Å²) in [5, 5.41) is 5.97. The van der Waals surface area contributed by atoms with Crippen LogP contribution in [0.5, 0.6) is 0 Å². The van der Waals surface area contributed by atoms with Gasteiger partial charge in [0.15, 0.2) is 0 Å². The van der Waals surface area contributed by atoms with E-state index in [0.717, 1.165) is 19.6 Å². The van der Waals surface area contributed by atoms with Gasteiger partial charge < -0.3 is 10.1 Å². The van der Waals surface area contributed by atoms with Crippen LogP contribution < -0.4 is 5.32 Å². The molecular weight excluding hydrogens is 234 g/mol. The molecule has 0 saturated carbocycles. The fourth-order valence-electron chi connectivity index (χ4n) is 2.17. The van der Waals surface area contributed by atoms with Crippen molar-refractivity contribution >= 4 is 10.8 Å². The van der Waals surface area contributed by atoms with Gasteiger partial charge >= 0.3 is 0 Å². The summed E-state index contributed by atoms with van der Waals surface area (Å²) in [5.41, 5.74) is 1.27. The van der Waals surface area contributed by atoms with E-state index in [0.29, 0.717) is 12.6 Å². The first-order valence-electron chi connectivity index (χ1n) is 7.05. The maximum atomic E-state index is 5.77. The summed E-state index contributed by atoms with van der Waals surface area (Å²) in [5.74, 6) is 0. The Labute approximate surface area is 115 Å². The van der Waals surface area contributed by atoms with Crippen LogP contribution in [0, 0.1) is 0 Å². The van der Waals surface area contributed by atoms with E-state index in [1.165, 1.54) is 16.3 Å². The van der Waals surface area contributed by atoms with Crippen LogP contribution in [-0.4, -0.2) is 19.2 Å². The zero-order chi connectivity index (χ0) is 13.5. The van der Waals surface area contributed by atoms with E-state index in [9.17, 15) is 0 Å². The highest BCUT2D eigenvalue weighted by Crippen LogP contribution is 2.19. The standard InChI is InChI=1S/C17H23NO/c1-14(2)18-11-6-12-19-13-16-9-5-8-15-7-3-4-10-17(15)16/h3-5,7-10,14,18H,6,11-13H2,1-2H3. The summed E-state index contributed by atoms with van der Waals surface area (Å²) in [7, 11) is 0. The van der Waals surface area contributed by atoms with E-state index >= 15 is 0 Å². The molecule has 0 unspecified atom stereocenters. The normalized spacial score (nSPS) is 11.3. The summed E-state index contributed by atoms with van der Waals surface area (Å²) in [6, 6.07) is 15.4. The lowest BCUT2D eigenvalue weighted by Crippen LogP contribution is -2.24. The van der Waals surface area contributed by atoms with Crippen LogP contribution in [0.25, 0.3) is 10.8 Å². The molecule has 0 aromatic heterocycles. The Morgan fingerprint density at radius 1 is 1.05 bits per heavy atom. The van der Waals surface area contributed by atoms with Crippen LogP contribution in [-0.2, 0) is 11.3 Å². The Balaban J connectivity index is 1.82. The van der Waals surface area contributed by atoms with Gasteiger partial charge in [0, 0.05) is 12.6 Å². The summed E-state index contributed by atoms with van der Waals surface area (Å²) in [6.45, 7) is 6.85. The topological polar surface area (TPSA) is 21.3 Å². The Morgan fingerprint density at radius 2 is 1.84 bits per heavy atom. The first-order valence-corrected chi connectivity index (χ1v) is 7.05. The molecule has 0 saturated heterocycles. The number of nitrogens with one attached hydrogen (secondary N) is 1. The lowest BCUT2D eigenvalue weighted by molar-refractivity contribution is 0.119. The molecule has 0 radical (unpaired) electrons.